The molecule has 142 valence electrons. The number of pyridine rings is 1. The third-order valence-corrected chi connectivity index (χ3v) is 6.23. The standard InChI is InChI=1S/C19H19Cl2N3O2S/c1-10(2)13-8-22-17-15(18(25)24(4)19(26)23(17)3)16(13)27-9-11-5-6-12(20)7-14(11)21/h5-8,10H,9H2,1-4H3. The highest BCUT2D eigenvalue weighted by atomic mass is 35.5. The zero-order chi connectivity index (χ0) is 19.9. The maximum Gasteiger partial charge on any atom is 0.332 e. The van der Waals surface area contributed by atoms with Gasteiger partial charge in [0.1, 0.15) is 5.65 Å². The Bertz CT molecular complexity index is 1150. The topological polar surface area (TPSA) is 56.9 Å². The maximum atomic E-state index is 12.9. The first kappa shape index (κ1) is 20.0. The smallest absolute Gasteiger partial charge is 0.280 e. The summed E-state index contributed by atoms with van der Waals surface area (Å²) in [6.45, 7) is 4.10. The third kappa shape index (κ3) is 3.66. The first-order valence-corrected chi connectivity index (χ1v) is 10.1. The molecule has 1 aromatic carbocycles. The second-order valence-corrected chi connectivity index (χ2v) is 8.46. The molecule has 3 aromatic rings. The first-order valence-electron chi connectivity index (χ1n) is 8.37. The van der Waals surface area contributed by atoms with Gasteiger partial charge in [-0.25, -0.2) is 9.78 Å². The van der Waals surface area contributed by atoms with E-state index < -0.39 is 5.69 Å². The van der Waals surface area contributed by atoms with Crippen molar-refractivity contribution >= 4 is 46.0 Å². The molecule has 3 rings (SSSR count). The minimum absolute atomic E-state index is 0.173. The summed E-state index contributed by atoms with van der Waals surface area (Å²) < 4.78 is 2.52. The maximum absolute atomic E-state index is 12.9. The van der Waals surface area contributed by atoms with E-state index in [1.807, 2.05) is 6.07 Å². The van der Waals surface area contributed by atoms with Crippen LogP contribution in [-0.2, 0) is 19.8 Å². The Morgan fingerprint density at radius 2 is 1.85 bits per heavy atom. The number of thioether (sulfide) groups is 1. The van der Waals surface area contributed by atoms with Gasteiger partial charge in [-0.3, -0.25) is 13.9 Å². The molecular formula is C19H19Cl2N3O2S. The van der Waals surface area contributed by atoms with Crippen molar-refractivity contribution in [2.75, 3.05) is 0 Å². The van der Waals surface area contributed by atoms with E-state index in [9.17, 15) is 9.59 Å². The van der Waals surface area contributed by atoms with Gasteiger partial charge in [0.05, 0.1) is 5.39 Å². The molecule has 0 aliphatic heterocycles. The highest BCUT2D eigenvalue weighted by Gasteiger charge is 2.19. The number of benzene rings is 1. The monoisotopic (exact) mass is 423 g/mol. The number of hydrogen-bond donors (Lipinski definition) is 0. The van der Waals surface area contributed by atoms with Gasteiger partial charge in [-0.1, -0.05) is 43.1 Å². The molecule has 0 aliphatic rings. The van der Waals surface area contributed by atoms with Gasteiger partial charge in [-0.2, -0.15) is 0 Å². The van der Waals surface area contributed by atoms with Crippen molar-refractivity contribution in [2.24, 2.45) is 14.1 Å². The fourth-order valence-electron chi connectivity index (χ4n) is 2.87. The molecule has 2 heterocycles. The quantitative estimate of drug-likeness (QED) is 0.585. The predicted octanol–water partition coefficient (Wildman–Crippen LogP) is 4.35. The van der Waals surface area contributed by atoms with Gasteiger partial charge in [0.2, 0.25) is 0 Å². The molecule has 0 unspecified atom stereocenters. The van der Waals surface area contributed by atoms with E-state index in [0.717, 1.165) is 20.6 Å². The lowest BCUT2D eigenvalue weighted by Crippen LogP contribution is -2.37. The van der Waals surface area contributed by atoms with Crippen LogP contribution in [0.5, 0.6) is 0 Å². The van der Waals surface area contributed by atoms with Gasteiger partial charge in [0.15, 0.2) is 0 Å². The Morgan fingerprint density at radius 1 is 1.15 bits per heavy atom. The van der Waals surface area contributed by atoms with E-state index in [4.69, 9.17) is 23.2 Å². The molecule has 0 spiro atoms. The second-order valence-electron chi connectivity index (χ2n) is 6.63. The van der Waals surface area contributed by atoms with Crippen molar-refractivity contribution in [1.29, 1.82) is 0 Å². The Labute approximate surface area is 170 Å². The normalized spacial score (nSPS) is 11.5. The summed E-state index contributed by atoms with van der Waals surface area (Å²) in [5.41, 5.74) is 1.54. The molecule has 8 heteroatoms. The van der Waals surface area contributed by atoms with Crippen LogP contribution in [0.2, 0.25) is 10.0 Å². The molecule has 5 nitrogen and oxygen atoms in total. The van der Waals surface area contributed by atoms with E-state index in [1.54, 1.807) is 25.4 Å². The molecule has 0 saturated carbocycles. The van der Waals surface area contributed by atoms with Crippen molar-refractivity contribution in [3.63, 3.8) is 0 Å². The van der Waals surface area contributed by atoms with Crippen LogP contribution in [0, 0.1) is 0 Å². The summed E-state index contributed by atoms with van der Waals surface area (Å²) in [5, 5.41) is 1.62. The lowest BCUT2D eigenvalue weighted by atomic mass is 10.0. The predicted molar refractivity (Wildman–Crippen MR) is 112 cm³/mol. The molecule has 0 aliphatic carbocycles. The van der Waals surface area contributed by atoms with Crippen LogP contribution >= 0.6 is 35.0 Å². The van der Waals surface area contributed by atoms with Gasteiger partial charge in [-0.05, 0) is 29.2 Å². The summed E-state index contributed by atoms with van der Waals surface area (Å²) in [6, 6.07) is 5.37. The van der Waals surface area contributed by atoms with Gasteiger partial charge in [-0.15, -0.1) is 11.8 Å². The van der Waals surface area contributed by atoms with Gasteiger partial charge in [0, 0.05) is 41.0 Å². The SMILES string of the molecule is CC(C)c1cnc2c(c1SCc1ccc(Cl)cc1Cl)c(=O)n(C)c(=O)n2C. The minimum Gasteiger partial charge on any atom is -0.280 e. The van der Waals surface area contributed by atoms with Crippen LogP contribution in [0.4, 0.5) is 0 Å². The molecule has 0 fully saturated rings. The number of rotatable bonds is 4. The lowest BCUT2D eigenvalue weighted by Gasteiger charge is -2.16. The summed E-state index contributed by atoms with van der Waals surface area (Å²) in [6.07, 6.45) is 1.75. The van der Waals surface area contributed by atoms with Gasteiger partial charge >= 0.3 is 5.69 Å². The van der Waals surface area contributed by atoms with Crippen LogP contribution in [0.3, 0.4) is 0 Å². The van der Waals surface area contributed by atoms with Crippen molar-refractivity contribution in [3.05, 3.63) is 66.4 Å². The first-order chi connectivity index (χ1) is 12.7. The Kier molecular flexibility index (Phi) is 5.70. The number of halogens is 2. The average molecular weight is 424 g/mol. The molecule has 0 bridgehead atoms. The molecule has 0 radical (unpaired) electrons. The summed E-state index contributed by atoms with van der Waals surface area (Å²) in [7, 11) is 3.10. The van der Waals surface area contributed by atoms with Crippen LogP contribution in [0.25, 0.3) is 11.0 Å². The highest BCUT2D eigenvalue weighted by molar-refractivity contribution is 7.98. The third-order valence-electron chi connectivity index (χ3n) is 4.46. The van der Waals surface area contributed by atoms with Crippen LogP contribution < -0.4 is 11.2 Å². The molecule has 0 atom stereocenters. The van der Waals surface area contributed by atoms with Crippen molar-refractivity contribution in [2.45, 2.75) is 30.4 Å². The largest absolute Gasteiger partial charge is 0.332 e. The molecule has 27 heavy (non-hydrogen) atoms. The highest BCUT2D eigenvalue weighted by Crippen LogP contribution is 2.36. The summed E-state index contributed by atoms with van der Waals surface area (Å²) in [4.78, 5) is 30.3. The zero-order valence-electron chi connectivity index (χ0n) is 15.4. The molecule has 2 aromatic heterocycles. The van der Waals surface area contributed by atoms with E-state index >= 15 is 0 Å². The summed E-state index contributed by atoms with van der Waals surface area (Å²) >= 11 is 13.8. The number of aromatic nitrogens is 3. The lowest BCUT2D eigenvalue weighted by molar-refractivity contribution is 0.703. The van der Waals surface area contributed by atoms with Crippen molar-refractivity contribution in [3.8, 4) is 0 Å². The van der Waals surface area contributed by atoms with Crippen LogP contribution in [0.15, 0.2) is 38.9 Å². The van der Waals surface area contributed by atoms with E-state index in [-0.39, 0.29) is 11.5 Å². The second kappa shape index (κ2) is 7.70. The van der Waals surface area contributed by atoms with Gasteiger partial charge < -0.3 is 0 Å². The number of fused-ring (bicyclic) bond motifs is 1. The van der Waals surface area contributed by atoms with E-state index in [1.165, 1.54) is 23.4 Å². The average Bonchev–Trinajstić information content (AvgIpc) is 2.63. The molecule has 0 N–H and O–H groups in total. The zero-order valence-corrected chi connectivity index (χ0v) is 17.7. The minimum atomic E-state index is -0.394. The van der Waals surface area contributed by atoms with Crippen LogP contribution in [0.1, 0.15) is 30.9 Å². The van der Waals surface area contributed by atoms with E-state index in [2.05, 4.69) is 18.8 Å². The van der Waals surface area contributed by atoms with E-state index in [0.29, 0.717) is 26.8 Å². The van der Waals surface area contributed by atoms with Crippen molar-refractivity contribution < 1.29 is 0 Å². The fourth-order valence-corrected chi connectivity index (χ4v) is 4.76. The summed E-state index contributed by atoms with van der Waals surface area (Å²) in [5.74, 6) is 0.743. The van der Waals surface area contributed by atoms with Gasteiger partial charge in [0.25, 0.3) is 5.56 Å². The Morgan fingerprint density at radius 3 is 2.48 bits per heavy atom. The number of aryl methyl sites for hydroxylation is 1. The Hall–Kier alpha value is -1.76. The molecule has 0 saturated heterocycles. The molecule has 0 amide bonds. The number of hydrogen-bond acceptors (Lipinski definition) is 4. The molecular weight excluding hydrogens is 405 g/mol. The van der Waals surface area contributed by atoms with Crippen LogP contribution in [-0.4, -0.2) is 14.1 Å². The fraction of sp³-hybridized carbons (Fsp3) is 0.316. The Balaban J connectivity index is 2.21. The number of nitrogens with zero attached hydrogens (tertiary/aromatic N) is 3. The van der Waals surface area contributed by atoms with Crippen molar-refractivity contribution in [1.82, 2.24) is 14.1 Å².